The highest BCUT2D eigenvalue weighted by atomic mass is 16.2. The molecule has 0 aliphatic carbocycles. The smallest absolute Gasteiger partial charge is 0.318 e. The average molecular weight is 348 g/mol. The number of nitrogens with one attached hydrogen (secondary N) is 2. The zero-order valence-corrected chi connectivity index (χ0v) is 15.8. The summed E-state index contributed by atoms with van der Waals surface area (Å²) in [6.07, 6.45) is 6.37. The van der Waals surface area contributed by atoms with Crippen LogP contribution in [0.3, 0.4) is 0 Å². The van der Waals surface area contributed by atoms with Crippen LogP contribution in [0.5, 0.6) is 0 Å². The van der Waals surface area contributed by atoms with Crippen LogP contribution in [0.25, 0.3) is 0 Å². The molecule has 0 bridgehead atoms. The fourth-order valence-electron chi connectivity index (χ4n) is 3.84. The van der Waals surface area contributed by atoms with Crippen LogP contribution in [-0.2, 0) is 13.0 Å². The number of urea groups is 1. The molecular weight excluding hydrogens is 316 g/mol. The van der Waals surface area contributed by atoms with Gasteiger partial charge < -0.3 is 20.1 Å². The Labute approximate surface area is 150 Å². The Morgan fingerprint density at radius 2 is 2.08 bits per heavy atom. The minimum absolute atomic E-state index is 0.00889. The number of hydrogen-bond donors (Lipinski definition) is 2. The monoisotopic (exact) mass is 348 g/mol. The van der Waals surface area contributed by atoms with Gasteiger partial charge in [0.15, 0.2) is 5.82 Å². The lowest BCUT2D eigenvalue weighted by molar-refractivity contribution is 0.183. The van der Waals surface area contributed by atoms with Gasteiger partial charge in [-0.1, -0.05) is 13.3 Å². The lowest BCUT2D eigenvalue weighted by atomic mass is 10.1. The summed E-state index contributed by atoms with van der Waals surface area (Å²) in [4.78, 5) is 14.8. The van der Waals surface area contributed by atoms with Crippen molar-refractivity contribution in [2.45, 2.75) is 77.4 Å². The van der Waals surface area contributed by atoms with E-state index in [2.05, 4.69) is 46.2 Å². The van der Waals surface area contributed by atoms with E-state index in [9.17, 15) is 4.79 Å². The van der Waals surface area contributed by atoms with E-state index in [1.165, 1.54) is 12.8 Å². The number of aryl methyl sites for hydroxylation is 1. The molecule has 2 aliphatic heterocycles. The SMILES string of the molecule is CCC(NC(=O)N1CCCNC(C)(C)C1)c1nnc2n1CCCCC2. The van der Waals surface area contributed by atoms with Crippen molar-refractivity contribution in [1.29, 1.82) is 0 Å². The standard InChI is InChI=1S/C18H32N6O/c1-4-14(16-22-21-15-9-6-5-7-12-24(15)16)20-17(25)23-11-8-10-19-18(2,3)13-23/h14,19H,4-13H2,1-3H3,(H,20,25). The molecule has 0 spiro atoms. The van der Waals surface area contributed by atoms with Gasteiger partial charge in [0, 0.05) is 31.6 Å². The van der Waals surface area contributed by atoms with Crippen LogP contribution in [0.1, 0.15) is 70.6 Å². The predicted octanol–water partition coefficient (Wildman–Crippen LogP) is 2.24. The largest absolute Gasteiger partial charge is 0.328 e. The van der Waals surface area contributed by atoms with Gasteiger partial charge in [0.05, 0.1) is 6.04 Å². The third-order valence-electron chi connectivity index (χ3n) is 5.24. The van der Waals surface area contributed by atoms with Crippen molar-refractivity contribution >= 4 is 6.03 Å². The maximum absolute atomic E-state index is 12.9. The van der Waals surface area contributed by atoms with Gasteiger partial charge in [-0.25, -0.2) is 4.79 Å². The Kier molecular flexibility index (Phi) is 5.61. The molecule has 3 heterocycles. The molecule has 7 nitrogen and oxygen atoms in total. The maximum atomic E-state index is 12.9. The highest BCUT2D eigenvalue weighted by Crippen LogP contribution is 2.21. The molecule has 2 amide bonds. The van der Waals surface area contributed by atoms with Gasteiger partial charge in [-0.05, 0) is 46.1 Å². The Hall–Kier alpha value is -1.63. The molecule has 1 atom stereocenters. The van der Waals surface area contributed by atoms with Gasteiger partial charge in [-0.3, -0.25) is 0 Å². The molecule has 140 valence electrons. The lowest BCUT2D eigenvalue weighted by Crippen LogP contribution is -2.51. The number of rotatable bonds is 3. The average Bonchev–Trinajstić information content (AvgIpc) is 2.74. The maximum Gasteiger partial charge on any atom is 0.318 e. The lowest BCUT2D eigenvalue weighted by Gasteiger charge is -2.31. The summed E-state index contributed by atoms with van der Waals surface area (Å²) in [5.41, 5.74) is -0.0541. The Morgan fingerprint density at radius 3 is 2.88 bits per heavy atom. The van der Waals surface area contributed by atoms with E-state index in [1.54, 1.807) is 0 Å². The molecular formula is C18H32N6O. The highest BCUT2D eigenvalue weighted by molar-refractivity contribution is 5.74. The van der Waals surface area contributed by atoms with Crippen molar-refractivity contribution in [3.8, 4) is 0 Å². The minimum Gasteiger partial charge on any atom is -0.328 e. The van der Waals surface area contributed by atoms with Gasteiger partial charge in [-0.15, -0.1) is 10.2 Å². The summed E-state index contributed by atoms with van der Waals surface area (Å²) in [6, 6.07) is -0.0687. The quantitative estimate of drug-likeness (QED) is 0.878. The van der Waals surface area contributed by atoms with Crippen molar-refractivity contribution in [2.75, 3.05) is 19.6 Å². The Balaban J connectivity index is 1.72. The molecule has 7 heteroatoms. The van der Waals surface area contributed by atoms with Crippen molar-refractivity contribution in [1.82, 2.24) is 30.3 Å². The number of hydrogen-bond acceptors (Lipinski definition) is 4. The molecule has 1 saturated heterocycles. The first-order valence-electron chi connectivity index (χ1n) is 9.72. The van der Waals surface area contributed by atoms with Crippen LogP contribution >= 0.6 is 0 Å². The first-order valence-corrected chi connectivity index (χ1v) is 9.72. The van der Waals surface area contributed by atoms with Gasteiger partial charge in [0.2, 0.25) is 0 Å². The van der Waals surface area contributed by atoms with E-state index in [0.717, 1.165) is 57.0 Å². The van der Waals surface area contributed by atoms with Crippen LogP contribution < -0.4 is 10.6 Å². The number of fused-ring (bicyclic) bond motifs is 1. The summed E-state index contributed by atoms with van der Waals surface area (Å²) in [5, 5.41) is 15.5. The summed E-state index contributed by atoms with van der Waals surface area (Å²) < 4.78 is 2.23. The number of carbonyl (C=O) groups excluding carboxylic acids is 1. The Morgan fingerprint density at radius 1 is 1.24 bits per heavy atom. The van der Waals surface area contributed by atoms with Crippen molar-refractivity contribution in [2.24, 2.45) is 0 Å². The molecule has 1 unspecified atom stereocenters. The molecule has 1 aromatic rings. The fourth-order valence-corrected chi connectivity index (χ4v) is 3.84. The fraction of sp³-hybridized carbons (Fsp3) is 0.833. The summed E-state index contributed by atoms with van der Waals surface area (Å²) in [7, 11) is 0. The summed E-state index contributed by atoms with van der Waals surface area (Å²) in [5.74, 6) is 1.99. The molecule has 2 N–H and O–H groups in total. The second-order valence-electron chi connectivity index (χ2n) is 7.93. The highest BCUT2D eigenvalue weighted by Gasteiger charge is 2.29. The van der Waals surface area contributed by atoms with E-state index in [0.29, 0.717) is 6.54 Å². The number of amides is 2. The van der Waals surface area contributed by atoms with E-state index in [1.807, 2.05) is 4.90 Å². The van der Waals surface area contributed by atoms with Crippen LogP contribution in [0.2, 0.25) is 0 Å². The van der Waals surface area contributed by atoms with Crippen LogP contribution in [0, 0.1) is 0 Å². The van der Waals surface area contributed by atoms with E-state index in [-0.39, 0.29) is 17.6 Å². The van der Waals surface area contributed by atoms with Gasteiger partial charge in [0.1, 0.15) is 5.82 Å². The molecule has 2 aliphatic rings. The van der Waals surface area contributed by atoms with E-state index >= 15 is 0 Å². The molecule has 3 rings (SSSR count). The van der Waals surface area contributed by atoms with Gasteiger partial charge in [-0.2, -0.15) is 0 Å². The minimum atomic E-state index is -0.0776. The van der Waals surface area contributed by atoms with Crippen LogP contribution in [-0.4, -0.2) is 50.9 Å². The summed E-state index contributed by atoms with van der Waals surface area (Å²) in [6.45, 7) is 9.81. The van der Waals surface area contributed by atoms with Crippen molar-refractivity contribution < 1.29 is 4.79 Å². The second kappa shape index (κ2) is 7.72. The predicted molar refractivity (Wildman–Crippen MR) is 97.4 cm³/mol. The zero-order valence-electron chi connectivity index (χ0n) is 15.8. The zero-order chi connectivity index (χ0) is 17.9. The topological polar surface area (TPSA) is 75.1 Å². The van der Waals surface area contributed by atoms with E-state index in [4.69, 9.17) is 0 Å². The number of nitrogens with zero attached hydrogens (tertiary/aromatic N) is 4. The normalized spacial score (nSPS) is 21.8. The third-order valence-corrected chi connectivity index (χ3v) is 5.24. The molecule has 0 aromatic carbocycles. The van der Waals surface area contributed by atoms with Gasteiger partial charge >= 0.3 is 6.03 Å². The van der Waals surface area contributed by atoms with Crippen LogP contribution in [0.15, 0.2) is 0 Å². The van der Waals surface area contributed by atoms with E-state index < -0.39 is 0 Å². The molecule has 1 fully saturated rings. The van der Waals surface area contributed by atoms with Crippen molar-refractivity contribution in [3.63, 3.8) is 0 Å². The summed E-state index contributed by atoms with van der Waals surface area (Å²) >= 11 is 0. The number of carbonyl (C=O) groups is 1. The first-order chi connectivity index (χ1) is 12.0. The molecule has 25 heavy (non-hydrogen) atoms. The molecule has 0 radical (unpaired) electrons. The molecule has 0 saturated carbocycles. The molecule has 1 aromatic heterocycles. The second-order valence-corrected chi connectivity index (χ2v) is 7.93. The number of aromatic nitrogens is 3. The Bertz CT molecular complexity index is 596. The van der Waals surface area contributed by atoms with Crippen molar-refractivity contribution in [3.05, 3.63) is 11.6 Å². The third kappa shape index (κ3) is 4.32. The van der Waals surface area contributed by atoms with Crippen LogP contribution in [0.4, 0.5) is 4.79 Å². The van der Waals surface area contributed by atoms with Gasteiger partial charge in [0.25, 0.3) is 0 Å². The first kappa shape index (κ1) is 18.2.